The lowest BCUT2D eigenvalue weighted by molar-refractivity contribution is -0.116. The summed E-state index contributed by atoms with van der Waals surface area (Å²) in [4.78, 5) is 11.4. The number of amides is 1. The van der Waals surface area contributed by atoms with Gasteiger partial charge in [-0.05, 0) is 6.08 Å². The highest BCUT2D eigenvalue weighted by Crippen LogP contribution is 2.23. The van der Waals surface area contributed by atoms with Crippen LogP contribution in [0.15, 0.2) is 35.6 Å². The second-order valence-corrected chi connectivity index (χ2v) is 3.94. The lowest BCUT2D eigenvalue weighted by Gasteiger charge is -2.12. The van der Waals surface area contributed by atoms with Crippen molar-refractivity contribution in [3.63, 3.8) is 0 Å². The van der Waals surface area contributed by atoms with Gasteiger partial charge in [-0.3, -0.25) is 4.79 Å². The zero-order chi connectivity index (χ0) is 10.8. The average molecular weight is 192 g/mol. The van der Waals surface area contributed by atoms with Crippen molar-refractivity contribution in [2.24, 2.45) is 11.1 Å². The average Bonchev–Trinajstić information content (AvgIpc) is 2.26. The number of rotatable bonds is 1. The van der Waals surface area contributed by atoms with Gasteiger partial charge in [0.15, 0.2) is 0 Å². The van der Waals surface area contributed by atoms with Gasteiger partial charge in [0.2, 0.25) is 0 Å². The standard InChI is InChI=1S/C11H16N2O/c1-11(2)6-4-8(10(14)13-3)9(12)5-7-11/h4-7H,12H2,1-3H3,(H,13,14). The van der Waals surface area contributed by atoms with Crippen molar-refractivity contribution in [3.05, 3.63) is 35.6 Å². The molecule has 0 saturated heterocycles. The Bertz CT molecular complexity index is 335. The highest BCUT2D eigenvalue weighted by atomic mass is 16.1. The van der Waals surface area contributed by atoms with Crippen molar-refractivity contribution < 1.29 is 4.79 Å². The molecule has 3 nitrogen and oxygen atoms in total. The molecule has 0 fully saturated rings. The van der Waals surface area contributed by atoms with Crippen molar-refractivity contribution in [2.75, 3.05) is 7.05 Å². The van der Waals surface area contributed by atoms with E-state index in [0.717, 1.165) is 0 Å². The molecule has 1 rings (SSSR count). The zero-order valence-electron chi connectivity index (χ0n) is 8.79. The Labute approximate surface area is 84.4 Å². The van der Waals surface area contributed by atoms with E-state index >= 15 is 0 Å². The Morgan fingerprint density at radius 2 is 1.93 bits per heavy atom. The number of carbonyl (C=O) groups excluding carboxylic acids is 1. The van der Waals surface area contributed by atoms with Gasteiger partial charge >= 0.3 is 0 Å². The third kappa shape index (κ3) is 2.25. The van der Waals surface area contributed by atoms with Gasteiger partial charge in [-0.15, -0.1) is 0 Å². The van der Waals surface area contributed by atoms with Gasteiger partial charge in [-0.25, -0.2) is 0 Å². The molecule has 0 saturated carbocycles. The molecule has 0 radical (unpaired) electrons. The molecule has 14 heavy (non-hydrogen) atoms. The second kappa shape index (κ2) is 3.70. The van der Waals surface area contributed by atoms with Gasteiger partial charge < -0.3 is 11.1 Å². The molecule has 1 aliphatic carbocycles. The molecule has 0 aliphatic heterocycles. The third-order valence-electron chi connectivity index (χ3n) is 2.15. The SMILES string of the molecule is CNC(=O)C1=C(N)C=CC(C)(C)C=C1. The number of nitrogens with one attached hydrogen (secondary N) is 1. The van der Waals surface area contributed by atoms with E-state index in [1.807, 2.05) is 12.2 Å². The van der Waals surface area contributed by atoms with Crippen LogP contribution in [-0.2, 0) is 4.79 Å². The number of carbonyl (C=O) groups is 1. The topological polar surface area (TPSA) is 55.1 Å². The molecular formula is C11H16N2O. The van der Waals surface area contributed by atoms with Crippen molar-refractivity contribution in [2.45, 2.75) is 13.8 Å². The van der Waals surface area contributed by atoms with Crippen LogP contribution in [0.4, 0.5) is 0 Å². The fourth-order valence-electron chi connectivity index (χ4n) is 1.19. The number of hydrogen-bond donors (Lipinski definition) is 2. The molecular weight excluding hydrogens is 176 g/mol. The van der Waals surface area contributed by atoms with Crippen LogP contribution in [0.2, 0.25) is 0 Å². The van der Waals surface area contributed by atoms with Crippen LogP contribution < -0.4 is 11.1 Å². The fraction of sp³-hybridized carbons (Fsp3) is 0.364. The minimum Gasteiger partial charge on any atom is -0.398 e. The Morgan fingerprint density at radius 1 is 1.36 bits per heavy atom. The minimum atomic E-state index is -0.152. The van der Waals surface area contributed by atoms with Gasteiger partial charge in [0.05, 0.1) is 5.57 Å². The summed E-state index contributed by atoms with van der Waals surface area (Å²) < 4.78 is 0. The van der Waals surface area contributed by atoms with Crippen molar-refractivity contribution >= 4 is 5.91 Å². The first-order valence-corrected chi connectivity index (χ1v) is 4.56. The first-order valence-electron chi connectivity index (χ1n) is 4.56. The monoisotopic (exact) mass is 192 g/mol. The van der Waals surface area contributed by atoms with Crippen molar-refractivity contribution in [1.29, 1.82) is 0 Å². The van der Waals surface area contributed by atoms with Gasteiger partial charge in [-0.1, -0.05) is 32.1 Å². The molecule has 0 aromatic carbocycles. The van der Waals surface area contributed by atoms with Crippen LogP contribution in [0.1, 0.15) is 13.8 Å². The van der Waals surface area contributed by atoms with E-state index in [0.29, 0.717) is 11.3 Å². The third-order valence-corrected chi connectivity index (χ3v) is 2.15. The molecule has 0 spiro atoms. The zero-order valence-corrected chi connectivity index (χ0v) is 8.79. The first kappa shape index (κ1) is 10.6. The van der Waals surface area contributed by atoms with Crippen LogP contribution in [0, 0.1) is 5.41 Å². The lowest BCUT2D eigenvalue weighted by atomic mass is 9.93. The molecule has 0 aromatic rings. The van der Waals surface area contributed by atoms with E-state index in [4.69, 9.17) is 5.73 Å². The molecule has 0 aromatic heterocycles. The maximum Gasteiger partial charge on any atom is 0.253 e. The maximum absolute atomic E-state index is 11.4. The Kier molecular flexibility index (Phi) is 2.79. The normalized spacial score (nSPS) is 19.4. The summed E-state index contributed by atoms with van der Waals surface area (Å²) in [7, 11) is 1.59. The van der Waals surface area contributed by atoms with E-state index in [1.54, 1.807) is 19.2 Å². The number of likely N-dealkylation sites (N-methyl/N-ethyl adjacent to an activating group) is 1. The smallest absolute Gasteiger partial charge is 0.253 e. The van der Waals surface area contributed by atoms with Crippen LogP contribution in [0.3, 0.4) is 0 Å². The molecule has 3 heteroatoms. The molecule has 0 bridgehead atoms. The Hall–Kier alpha value is -1.51. The summed E-state index contributed by atoms with van der Waals surface area (Å²) in [5.74, 6) is -0.152. The fourth-order valence-corrected chi connectivity index (χ4v) is 1.19. The largest absolute Gasteiger partial charge is 0.398 e. The van der Waals surface area contributed by atoms with E-state index in [2.05, 4.69) is 19.2 Å². The highest BCUT2D eigenvalue weighted by Gasteiger charge is 2.15. The molecule has 0 heterocycles. The molecule has 0 unspecified atom stereocenters. The van der Waals surface area contributed by atoms with Crippen LogP contribution in [0.25, 0.3) is 0 Å². The number of nitrogens with two attached hydrogens (primary N) is 1. The van der Waals surface area contributed by atoms with Crippen molar-refractivity contribution in [1.82, 2.24) is 5.32 Å². The van der Waals surface area contributed by atoms with Crippen molar-refractivity contribution in [3.8, 4) is 0 Å². The van der Waals surface area contributed by atoms with E-state index in [1.165, 1.54) is 0 Å². The summed E-state index contributed by atoms with van der Waals surface area (Å²) in [5, 5.41) is 2.56. The lowest BCUT2D eigenvalue weighted by Crippen LogP contribution is -2.21. The van der Waals surface area contributed by atoms with E-state index in [-0.39, 0.29) is 11.3 Å². The summed E-state index contributed by atoms with van der Waals surface area (Å²) >= 11 is 0. The Balaban J connectivity index is 3.08. The highest BCUT2D eigenvalue weighted by molar-refractivity contribution is 5.97. The molecule has 0 atom stereocenters. The van der Waals surface area contributed by atoms with E-state index in [9.17, 15) is 4.79 Å². The molecule has 1 aliphatic rings. The summed E-state index contributed by atoms with van der Waals surface area (Å²) in [6.07, 6.45) is 7.50. The molecule has 1 amide bonds. The van der Waals surface area contributed by atoms with Crippen LogP contribution in [-0.4, -0.2) is 13.0 Å². The van der Waals surface area contributed by atoms with Gasteiger partial charge in [0.1, 0.15) is 0 Å². The second-order valence-electron chi connectivity index (χ2n) is 3.94. The number of hydrogen-bond acceptors (Lipinski definition) is 2. The van der Waals surface area contributed by atoms with Crippen LogP contribution in [0.5, 0.6) is 0 Å². The maximum atomic E-state index is 11.4. The van der Waals surface area contributed by atoms with E-state index < -0.39 is 0 Å². The van der Waals surface area contributed by atoms with Gasteiger partial charge in [-0.2, -0.15) is 0 Å². The Morgan fingerprint density at radius 3 is 2.50 bits per heavy atom. The first-order chi connectivity index (χ1) is 6.46. The quantitative estimate of drug-likeness (QED) is 0.653. The minimum absolute atomic E-state index is 0.0552. The summed E-state index contributed by atoms with van der Waals surface area (Å²) in [6, 6.07) is 0. The molecule has 76 valence electrons. The van der Waals surface area contributed by atoms with Gasteiger partial charge in [0.25, 0.3) is 5.91 Å². The molecule has 3 N–H and O–H groups in total. The number of allylic oxidation sites excluding steroid dienone is 3. The van der Waals surface area contributed by atoms with Gasteiger partial charge in [0, 0.05) is 18.2 Å². The predicted octanol–water partition coefficient (Wildman–Crippen LogP) is 1.10. The predicted molar refractivity (Wildman–Crippen MR) is 57.3 cm³/mol. The summed E-state index contributed by atoms with van der Waals surface area (Å²) in [5.41, 5.74) is 6.73. The van der Waals surface area contributed by atoms with Crippen LogP contribution >= 0.6 is 0 Å². The summed E-state index contributed by atoms with van der Waals surface area (Å²) in [6.45, 7) is 4.11.